The molecule has 5 nitrogen and oxygen atoms in total. The molecule has 0 radical (unpaired) electrons. The Morgan fingerprint density at radius 3 is 2.55 bits per heavy atom. The van der Waals surface area contributed by atoms with Crippen LogP contribution >= 0.6 is 0 Å². The van der Waals surface area contributed by atoms with Crippen molar-refractivity contribution in [3.05, 3.63) is 102 Å². The van der Waals surface area contributed by atoms with Crippen LogP contribution in [-0.4, -0.2) is 16.7 Å². The van der Waals surface area contributed by atoms with E-state index in [1.165, 1.54) is 6.07 Å². The normalized spacial score (nSPS) is 11.2. The van der Waals surface area contributed by atoms with E-state index < -0.39 is 0 Å². The van der Waals surface area contributed by atoms with Crippen LogP contribution in [0.2, 0.25) is 0 Å². The van der Waals surface area contributed by atoms with E-state index in [1.54, 1.807) is 42.6 Å². The fraction of sp³-hybridized carbons (Fsp3) is 0.0435. The quantitative estimate of drug-likeness (QED) is 0.307. The van der Waals surface area contributed by atoms with E-state index in [0.29, 0.717) is 23.4 Å². The molecule has 0 bridgehead atoms. The van der Waals surface area contributed by atoms with E-state index in [9.17, 15) is 9.18 Å². The number of carbonyl (C=O) groups excluding carboxylic acids is 1. The molecular weight excluding hydrogens is 367 g/mol. The third-order valence-electron chi connectivity index (χ3n) is 4.66. The number of nitrogens with one attached hydrogen (secondary N) is 1. The van der Waals surface area contributed by atoms with E-state index in [1.807, 2.05) is 41.1 Å². The number of hydrazone groups is 1. The maximum absolute atomic E-state index is 14.1. The number of anilines is 1. The van der Waals surface area contributed by atoms with Gasteiger partial charge in [0.1, 0.15) is 5.82 Å². The van der Waals surface area contributed by atoms with Crippen LogP contribution in [0.3, 0.4) is 0 Å². The molecule has 1 amide bonds. The standard InChI is InChI=1S/C23H19FN4O/c24-21-7-3-1-5-17(21)14-28-15-18(20-6-2-4-8-22(20)28)13-26-27-23(29)16-9-11-19(25)12-10-16/h1-13,15H,14,25H2,(H,27,29)/b26-13+. The number of para-hydroxylation sites is 1. The van der Waals surface area contributed by atoms with E-state index in [2.05, 4.69) is 10.5 Å². The highest BCUT2D eigenvalue weighted by Gasteiger charge is 2.09. The number of halogens is 1. The van der Waals surface area contributed by atoms with Gasteiger partial charge in [0.05, 0.1) is 12.8 Å². The number of amides is 1. The number of fused-ring (bicyclic) bond motifs is 1. The summed E-state index contributed by atoms with van der Waals surface area (Å²) in [5.74, 6) is -0.562. The van der Waals surface area contributed by atoms with Gasteiger partial charge in [-0.15, -0.1) is 0 Å². The highest BCUT2D eigenvalue weighted by atomic mass is 19.1. The van der Waals surface area contributed by atoms with Crippen molar-refractivity contribution in [3.8, 4) is 0 Å². The number of rotatable bonds is 5. The predicted octanol–water partition coefficient (Wildman–Crippen LogP) is 4.17. The molecule has 0 saturated carbocycles. The largest absolute Gasteiger partial charge is 0.399 e. The van der Waals surface area contributed by atoms with Crippen LogP contribution in [0.25, 0.3) is 10.9 Å². The number of nitrogens with zero attached hydrogens (tertiary/aromatic N) is 2. The molecule has 0 atom stereocenters. The minimum absolute atomic E-state index is 0.240. The van der Waals surface area contributed by atoms with E-state index >= 15 is 0 Å². The fourth-order valence-electron chi connectivity index (χ4n) is 3.18. The zero-order valence-electron chi connectivity index (χ0n) is 15.5. The third-order valence-corrected chi connectivity index (χ3v) is 4.66. The van der Waals surface area contributed by atoms with Crippen molar-refractivity contribution < 1.29 is 9.18 Å². The lowest BCUT2D eigenvalue weighted by Gasteiger charge is -2.06. The predicted molar refractivity (Wildman–Crippen MR) is 113 cm³/mol. The number of hydrogen-bond acceptors (Lipinski definition) is 3. The first-order valence-electron chi connectivity index (χ1n) is 9.12. The second-order valence-electron chi connectivity index (χ2n) is 6.64. The Morgan fingerprint density at radius 1 is 1.03 bits per heavy atom. The second-order valence-corrected chi connectivity index (χ2v) is 6.64. The summed E-state index contributed by atoms with van der Waals surface area (Å²) in [6, 6.07) is 21.1. The molecule has 144 valence electrons. The van der Waals surface area contributed by atoms with Gasteiger partial charge in [-0.3, -0.25) is 4.79 Å². The van der Waals surface area contributed by atoms with Gasteiger partial charge in [-0.2, -0.15) is 5.10 Å². The van der Waals surface area contributed by atoms with Gasteiger partial charge in [0.15, 0.2) is 0 Å². The average molecular weight is 386 g/mol. The molecule has 3 aromatic carbocycles. The van der Waals surface area contributed by atoms with Gasteiger partial charge in [-0.25, -0.2) is 9.82 Å². The summed E-state index contributed by atoms with van der Waals surface area (Å²) in [5.41, 5.74) is 11.6. The van der Waals surface area contributed by atoms with Crippen LogP contribution < -0.4 is 11.2 Å². The van der Waals surface area contributed by atoms with Crippen LogP contribution in [0.15, 0.2) is 84.1 Å². The first-order chi connectivity index (χ1) is 14.1. The number of nitrogen functional groups attached to an aromatic ring is 1. The van der Waals surface area contributed by atoms with Crippen molar-refractivity contribution in [1.29, 1.82) is 0 Å². The lowest BCUT2D eigenvalue weighted by molar-refractivity contribution is 0.0955. The van der Waals surface area contributed by atoms with Gasteiger partial charge in [0, 0.05) is 39.5 Å². The fourth-order valence-corrected chi connectivity index (χ4v) is 3.18. The maximum Gasteiger partial charge on any atom is 0.271 e. The Morgan fingerprint density at radius 2 is 1.76 bits per heavy atom. The van der Waals surface area contributed by atoms with Crippen molar-refractivity contribution in [2.24, 2.45) is 5.10 Å². The van der Waals surface area contributed by atoms with Gasteiger partial charge in [0.2, 0.25) is 0 Å². The summed E-state index contributed by atoms with van der Waals surface area (Å²) in [4.78, 5) is 12.2. The lowest BCUT2D eigenvalue weighted by Crippen LogP contribution is -2.17. The molecule has 4 aromatic rings. The Hall–Kier alpha value is -3.93. The number of hydrogen-bond donors (Lipinski definition) is 2. The number of benzene rings is 3. The molecule has 0 aliphatic rings. The van der Waals surface area contributed by atoms with Crippen molar-refractivity contribution in [2.75, 3.05) is 5.73 Å². The molecule has 0 unspecified atom stereocenters. The summed E-state index contributed by atoms with van der Waals surface area (Å²) in [6.07, 6.45) is 3.49. The topological polar surface area (TPSA) is 72.4 Å². The molecule has 0 aliphatic carbocycles. The summed E-state index contributed by atoms with van der Waals surface area (Å²) in [7, 11) is 0. The Kier molecular flexibility index (Phi) is 5.07. The van der Waals surface area contributed by atoms with Crippen molar-refractivity contribution in [3.63, 3.8) is 0 Å². The molecule has 0 spiro atoms. The van der Waals surface area contributed by atoms with Crippen molar-refractivity contribution in [2.45, 2.75) is 6.54 Å². The number of aromatic nitrogens is 1. The van der Waals surface area contributed by atoms with E-state index in [-0.39, 0.29) is 11.7 Å². The Labute approximate surface area is 167 Å². The van der Waals surface area contributed by atoms with Crippen LogP contribution in [0, 0.1) is 5.82 Å². The van der Waals surface area contributed by atoms with Gasteiger partial charge in [0.25, 0.3) is 5.91 Å². The molecular formula is C23H19FN4O. The minimum atomic E-state index is -0.323. The number of nitrogens with two attached hydrogens (primary N) is 1. The second kappa shape index (κ2) is 7.98. The molecule has 3 N–H and O–H groups in total. The summed E-state index contributed by atoms with van der Waals surface area (Å²) >= 11 is 0. The Bertz CT molecular complexity index is 1200. The molecule has 4 rings (SSSR count). The van der Waals surface area contributed by atoms with Gasteiger partial charge < -0.3 is 10.3 Å². The van der Waals surface area contributed by atoms with E-state index in [4.69, 9.17) is 5.73 Å². The number of carbonyl (C=O) groups is 1. The summed E-state index contributed by atoms with van der Waals surface area (Å²) in [5, 5.41) is 5.05. The Balaban J connectivity index is 1.57. The molecule has 0 saturated heterocycles. The first-order valence-corrected chi connectivity index (χ1v) is 9.12. The monoisotopic (exact) mass is 386 g/mol. The minimum Gasteiger partial charge on any atom is -0.399 e. The molecule has 0 fully saturated rings. The molecule has 29 heavy (non-hydrogen) atoms. The lowest BCUT2D eigenvalue weighted by atomic mass is 10.2. The third kappa shape index (κ3) is 4.01. The van der Waals surface area contributed by atoms with Crippen molar-refractivity contribution in [1.82, 2.24) is 9.99 Å². The van der Waals surface area contributed by atoms with Crippen molar-refractivity contribution >= 4 is 28.7 Å². The molecule has 6 heteroatoms. The van der Waals surface area contributed by atoms with E-state index in [0.717, 1.165) is 16.5 Å². The smallest absolute Gasteiger partial charge is 0.271 e. The zero-order valence-corrected chi connectivity index (χ0v) is 15.5. The highest BCUT2D eigenvalue weighted by molar-refractivity contribution is 6.00. The maximum atomic E-state index is 14.1. The van der Waals surface area contributed by atoms with Gasteiger partial charge in [-0.05, 0) is 36.4 Å². The molecule has 1 aromatic heterocycles. The van der Waals surface area contributed by atoms with Gasteiger partial charge in [-0.1, -0.05) is 36.4 Å². The van der Waals surface area contributed by atoms with Gasteiger partial charge >= 0.3 is 0 Å². The SMILES string of the molecule is Nc1ccc(C(=O)N/N=C/c2cn(Cc3ccccc3F)c3ccccc23)cc1. The average Bonchev–Trinajstić information content (AvgIpc) is 3.08. The summed E-state index contributed by atoms with van der Waals surface area (Å²) < 4.78 is 16.0. The van der Waals surface area contributed by atoms with Crippen LogP contribution in [0.1, 0.15) is 21.5 Å². The van der Waals surface area contributed by atoms with Crippen LogP contribution in [0.4, 0.5) is 10.1 Å². The highest BCUT2D eigenvalue weighted by Crippen LogP contribution is 2.22. The molecule has 1 heterocycles. The van der Waals surface area contributed by atoms with Crippen LogP contribution in [-0.2, 0) is 6.54 Å². The molecule has 0 aliphatic heterocycles. The van der Waals surface area contributed by atoms with Crippen LogP contribution in [0.5, 0.6) is 0 Å². The first kappa shape index (κ1) is 18.4. The zero-order chi connectivity index (χ0) is 20.2. The summed E-state index contributed by atoms with van der Waals surface area (Å²) in [6.45, 7) is 0.402.